The van der Waals surface area contributed by atoms with Crippen molar-refractivity contribution in [2.45, 2.75) is 13.0 Å². The zero-order chi connectivity index (χ0) is 21.1. The quantitative estimate of drug-likeness (QED) is 0.511. The number of fused-ring (bicyclic) bond motifs is 1. The molecular formula is C23H20FN3O3. The van der Waals surface area contributed by atoms with E-state index in [9.17, 15) is 9.18 Å². The van der Waals surface area contributed by atoms with E-state index in [0.717, 1.165) is 5.56 Å². The van der Waals surface area contributed by atoms with Crippen LogP contribution in [0.15, 0.2) is 73.1 Å². The second kappa shape index (κ2) is 8.24. The third kappa shape index (κ3) is 4.10. The normalized spacial score (nSPS) is 11.8. The van der Waals surface area contributed by atoms with Crippen molar-refractivity contribution < 1.29 is 18.7 Å². The first-order valence-corrected chi connectivity index (χ1v) is 9.39. The minimum absolute atomic E-state index is 0.292. The summed E-state index contributed by atoms with van der Waals surface area (Å²) in [6, 6.07) is 16.9. The highest BCUT2D eigenvalue weighted by molar-refractivity contribution is 5.94. The van der Waals surface area contributed by atoms with Gasteiger partial charge in [-0.1, -0.05) is 12.1 Å². The first kappa shape index (κ1) is 19.4. The Balaban J connectivity index is 1.49. The van der Waals surface area contributed by atoms with Gasteiger partial charge in [0.2, 0.25) is 0 Å². The monoisotopic (exact) mass is 405 g/mol. The van der Waals surface area contributed by atoms with Crippen LogP contribution in [0.4, 0.5) is 10.1 Å². The topological polar surface area (TPSA) is 64.9 Å². The van der Waals surface area contributed by atoms with Gasteiger partial charge in [-0.05, 0) is 55.5 Å². The molecule has 30 heavy (non-hydrogen) atoms. The molecule has 0 saturated carbocycles. The minimum Gasteiger partial charge on any atom is -0.493 e. The lowest BCUT2D eigenvalue weighted by molar-refractivity contribution is -0.122. The molecule has 2 aromatic carbocycles. The molecule has 4 rings (SSSR count). The van der Waals surface area contributed by atoms with E-state index >= 15 is 0 Å². The number of anilines is 1. The highest BCUT2D eigenvalue weighted by Crippen LogP contribution is 2.27. The molecule has 0 bridgehead atoms. The van der Waals surface area contributed by atoms with E-state index in [1.165, 1.54) is 12.1 Å². The third-order valence-corrected chi connectivity index (χ3v) is 4.60. The molecule has 2 heterocycles. The first-order chi connectivity index (χ1) is 14.5. The summed E-state index contributed by atoms with van der Waals surface area (Å²) in [4.78, 5) is 17.1. The van der Waals surface area contributed by atoms with Crippen LogP contribution in [-0.2, 0) is 4.79 Å². The number of carbonyl (C=O) groups is 1. The molecular weight excluding hydrogens is 385 g/mol. The van der Waals surface area contributed by atoms with Crippen molar-refractivity contribution in [3.8, 4) is 22.8 Å². The Bertz CT molecular complexity index is 1190. The number of rotatable bonds is 6. The molecule has 1 N–H and O–H groups in total. The van der Waals surface area contributed by atoms with Crippen molar-refractivity contribution in [1.29, 1.82) is 0 Å². The summed E-state index contributed by atoms with van der Waals surface area (Å²) in [5.74, 6) is 0.470. The van der Waals surface area contributed by atoms with Crippen molar-refractivity contribution in [2.24, 2.45) is 0 Å². The molecule has 0 aliphatic carbocycles. The molecule has 0 fully saturated rings. The number of hydrogen-bond donors (Lipinski definition) is 1. The number of amides is 1. The lowest BCUT2D eigenvalue weighted by Crippen LogP contribution is -2.30. The smallest absolute Gasteiger partial charge is 0.265 e. The molecule has 6 nitrogen and oxygen atoms in total. The molecule has 152 valence electrons. The number of hydrogen-bond acceptors (Lipinski definition) is 4. The van der Waals surface area contributed by atoms with Crippen molar-refractivity contribution in [2.75, 3.05) is 12.4 Å². The molecule has 4 aromatic rings. The number of ether oxygens (including phenoxy) is 2. The Morgan fingerprint density at radius 3 is 2.50 bits per heavy atom. The number of benzene rings is 2. The molecule has 2 aromatic heterocycles. The van der Waals surface area contributed by atoms with E-state index in [0.29, 0.717) is 28.5 Å². The maximum Gasteiger partial charge on any atom is 0.265 e. The van der Waals surface area contributed by atoms with Gasteiger partial charge < -0.3 is 19.2 Å². The third-order valence-electron chi connectivity index (χ3n) is 4.60. The summed E-state index contributed by atoms with van der Waals surface area (Å²) in [6.07, 6.45) is 2.87. The SMILES string of the molecule is COc1ccccc1OC(C)C(=O)Nc1ccc2nc(-c3ccc(F)cc3)cn2c1. The van der Waals surface area contributed by atoms with Crippen LogP contribution in [0, 0.1) is 5.82 Å². The van der Waals surface area contributed by atoms with Crippen LogP contribution in [0.5, 0.6) is 11.5 Å². The Morgan fingerprint density at radius 1 is 1.03 bits per heavy atom. The lowest BCUT2D eigenvalue weighted by Gasteiger charge is -2.16. The van der Waals surface area contributed by atoms with E-state index in [1.807, 2.05) is 18.3 Å². The Kier molecular flexibility index (Phi) is 5.34. The zero-order valence-corrected chi connectivity index (χ0v) is 16.5. The number of pyridine rings is 1. The van der Waals surface area contributed by atoms with Gasteiger partial charge in [0, 0.05) is 18.0 Å². The number of imidazole rings is 1. The summed E-state index contributed by atoms with van der Waals surface area (Å²) in [5, 5.41) is 2.85. The fourth-order valence-electron chi connectivity index (χ4n) is 3.03. The van der Waals surface area contributed by atoms with Crippen molar-refractivity contribution in [3.05, 3.63) is 78.9 Å². The van der Waals surface area contributed by atoms with Gasteiger partial charge >= 0.3 is 0 Å². The molecule has 0 spiro atoms. The number of methoxy groups -OCH3 is 1. The Morgan fingerprint density at radius 2 is 1.77 bits per heavy atom. The van der Waals surface area contributed by atoms with Crippen LogP contribution in [0.1, 0.15) is 6.92 Å². The van der Waals surface area contributed by atoms with E-state index in [4.69, 9.17) is 9.47 Å². The van der Waals surface area contributed by atoms with E-state index in [-0.39, 0.29) is 11.7 Å². The molecule has 7 heteroatoms. The van der Waals surface area contributed by atoms with Crippen LogP contribution < -0.4 is 14.8 Å². The van der Waals surface area contributed by atoms with Gasteiger partial charge in [-0.15, -0.1) is 0 Å². The van der Waals surface area contributed by atoms with Crippen LogP contribution >= 0.6 is 0 Å². The first-order valence-electron chi connectivity index (χ1n) is 9.39. The number of nitrogens with zero attached hydrogens (tertiary/aromatic N) is 2. The maximum atomic E-state index is 13.1. The van der Waals surface area contributed by atoms with Gasteiger partial charge in [0.25, 0.3) is 5.91 Å². The average molecular weight is 405 g/mol. The Labute approximate surface area is 172 Å². The molecule has 1 amide bonds. The summed E-state index contributed by atoms with van der Waals surface area (Å²) in [7, 11) is 1.55. The standard InChI is InChI=1S/C23H20FN3O3/c1-15(30-21-6-4-3-5-20(21)29-2)23(28)25-18-11-12-22-26-19(14-27(22)13-18)16-7-9-17(24)10-8-16/h3-15H,1-2H3,(H,25,28). The highest BCUT2D eigenvalue weighted by atomic mass is 19.1. The number of carbonyl (C=O) groups excluding carboxylic acids is 1. The van der Waals surface area contributed by atoms with Crippen LogP contribution in [0.3, 0.4) is 0 Å². The van der Waals surface area contributed by atoms with Gasteiger partial charge in [0.15, 0.2) is 17.6 Å². The van der Waals surface area contributed by atoms with E-state index in [1.54, 1.807) is 61.0 Å². The van der Waals surface area contributed by atoms with Crippen molar-refractivity contribution in [3.63, 3.8) is 0 Å². The predicted octanol–water partition coefficient (Wildman–Crippen LogP) is 4.56. The minimum atomic E-state index is -0.727. The van der Waals surface area contributed by atoms with E-state index < -0.39 is 6.10 Å². The van der Waals surface area contributed by atoms with Gasteiger partial charge in [0.05, 0.1) is 18.5 Å². The number of para-hydroxylation sites is 2. The average Bonchev–Trinajstić information content (AvgIpc) is 3.18. The van der Waals surface area contributed by atoms with Gasteiger partial charge in [0.1, 0.15) is 11.5 Å². The summed E-state index contributed by atoms with van der Waals surface area (Å²) in [6.45, 7) is 1.67. The zero-order valence-electron chi connectivity index (χ0n) is 16.5. The highest BCUT2D eigenvalue weighted by Gasteiger charge is 2.17. The second-order valence-corrected chi connectivity index (χ2v) is 6.72. The fraction of sp³-hybridized carbons (Fsp3) is 0.130. The summed E-state index contributed by atoms with van der Waals surface area (Å²) in [5.41, 5.74) is 2.84. The summed E-state index contributed by atoms with van der Waals surface area (Å²) < 4.78 is 25.9. The number of nitrogens with one attached hydrogen (secondary N) is 1. The van der Waals surface area contributed by atoms with Crippen molar-refractivity contribution in [1.82, 2.24) is 9.38 Å². The largest absolute Gasteiger partial charge is 0.493 e. The van der Waals surface area contributed by atoms with Gasteiger partial charge in [-0.3, -0.25) is 4.79 Å². The Hall–Kier alpha value is -3.87. The number of aromatic nitrogens is 2. The summed E-state index contributed by atoms with van der Waals surface area (Å²) >= 11 is 0. The molecule has 1 atom stereocenters. The molecule has 0 aliphatic heterocycles. The lowest BCUT2D eigenvalue weighted by atomic mass is 10.2. The van der Waals surface area contributed by atoms with Crippen molar-refractivity contribution >= 4 is 17.2 Å². The fourth-order valence-corrected chi connectivity index (χ4v) is 3.03. The second-order valence-electron chi connectivity index (χ2n) is 6.72. The van der Waals surface area contributed by atoms with Crippen LogP contribution in [0.2, 0.25) is 0 Å². The van der Waals surface area contributed by atoms with Gasteiger partial charge in [-0.25, -0.2) is 9.37 Å². The van der Waals surface area contributed by atoms with Crippen LogP contribution in [0.25, 0.3) is 16.9 Å². The molecule has 1 unspecified atom stereocenters. The maximum absolute atomic E-state index is 13.1. The molecule has 0 saturated heterocycles. The van der Waals surface area contributed by atoms with Crippen LogP contribution in [-0.4, -0.2) is 28.5 Å². The predicted molar refractivity (Wildman–Crippen MR) is 112 cm³/mol. The molecule has 0 radical (unpaired) electrons. The number of halogens is 1. The molecule has 0 aliphatic rings. The van der Waals surface area contributed by atoms with Gasteiger partial charge in [-0.2, -0.15) is 0 Å². The van der Waals surface area contributed by atoms with E-state index in [2.05, 4.69) is 10.3 Å².